The summed E-state index contributed by atoms with van der Waals surface area (Å²) in [7, 11) is 0. The first-order chi connectivity index (χ1) is 12.4. The van der Waals surface area contributed by atoms with Crippen molar-refractivity contribution in [3.8, 4) is 0 Å². The maximum atomic E-state index is 12.5. The number of thiazole rings is 1. The molecule has 0 bridgehead atoms. The molecular weight excluding hydrogens is 354 g/mol. The van der Waals surface area contributed by atoms with E-state index in [0.717, 1.165) is 12.8 Å². The van der Waals surface area contributed by atoms with Crippen molar-refractivity contribution in [2.75, 3.05) is 18.4 Å². The van der Waals surface area contributed by atoms with Crippen LogP contribution < -0.4 is 5.32 Å². The predicted molar refractivity (Wildman–Crippen MR) is 96.9 cm³/mol. The van der Waals surface area contributed by atoms with Crippen molar-refractivity contribution in [1.82, 2.24) is 20.0 Å². The van der Waals surface area contributed by atoms with Crippen molar-refractivity contribution in [2.24, 2.45) is 5.92 Å². The van der Waals surface area contributed by atoms with Gasteiger partial charge in [-0.1, -0.05) is 19.0 Å². The first-order valence-electron chi connectivity index (χ1n) is 8.75. The van der Waals surface area contributed by atoms with Gasteiger partial charge in [-0.05, 0) is 19.8 Å². The predicted octanol–water partition coefficient (Wildman–Crippen LogP) is 2.38. The molecule has 1 saturated heterocycles. The van der Waals surface area contributed by atoms with E-state index in [1.165, 1.54) is 11.3 Å². The van der Waals surface area contributed by atoms with E-state index in [2.05, 4.69) is 20.4 Å². The molecule has 0 atom stereocenters. The summed E-state index contributed by atoms with van der Waals surface area (Å²) >= 11 is 1.34. The van der Waals surface area contributed by atoms with Gasteiger partial charge >= 0.3 is 0 Å². The Hall–Kier alpha value is -2.29. The second-order valence-electron chi connectivity index (χ2n) is 6.80. The molecule has 3 rings (SSSR count). The van der Waals surface area contributed by atoms with Crippen LogP contribution in [0.5, 0.6) is 0 Å². The molecule has 1 fully saturated rings. The summed E-state index contributed by atoms with van der Waals surface area (Å²) in [5, 5.41) is 8.95. The second kappa shape index (κ2) is 7.94. The van der Waals surface area contributed by atoms with Crippen LogP contribution in [-0.2, 0) is 16.0 Å². The highest BCUT2D eigenvalue weighted by atomic mass is 32.1. The Bertz CT molecular complexity index is 777. The van der Waals surface area contributed by atoms with Gasteiger partial charge in [0.2, 0.25) is 17.7 Å². The fraction of sp³-hybridized carbons (Fsp3) is 0.588. The molecule has 0 unspecified atom stereocenters. The summed E-state index contributed by atoms with van der Waals surface area (Å²) in [5.74, 6) is 1.40. The SMILES string of the molecule is Cc1noc(C2CCN(C(=O)Cc3csc(NC(=O)C(C)C)n3)CC2)n1. The van der Waals surface area contributed by atoms with Crippen molar-refractivity contribution in [3.63, 3.8) is 0 Å². The zero-order valence-corrected chi connectivity index (χ0v) is 16.0. The lowest BCUT2D eigenvalue weighted by Crippen LogP contribution is -2.38. The molecule has 0 spiro atoms. The van der Waals surface area contributed by atoms with E-state index < -0.39 is 0 Å². The third-order valence-electron chi connectivity index (χ3n) is 4.38. The van der Waals surface area contributed by atoms with Crippen LogP contribution in [0, 0.1) is 12.8 Å². The van der Waals surface area contributed by atoms with Gasteiger partial charge in [-0.2, -0.15) is 4.98 Å². The monoisotopic (exact) mass is 377 g/mol. The number of anilines is 1. The number of hydrogen-bond acceptors (Lipinski definition) is 7. The summed E-state index contributed by atoms with van der Waals surface area (Å²) in [6, 6.07) is 0. The fourth-order valence-corrected chi connectivity index (χ4v) is 3.53. The number of hydrogen-bond donors (Lipinski definition) is 1. The van der Waals surface area contributed by atoms with Gasteiger partial charge in [0.1, 0.15) is 0 Å². The highest BCUT2D eigenvalue weighted by molar-refractivity contribution is 7.13. The number of aryl methyl sites for hydroxylation is 1. The standard InChI is InChI=1S/C17H23N5O3S/c1-10(2)15(24)20-17-19-13(9-26-17)8-14(23)22-6-4-12(5-7-22)16-18-11(3)21-25-16/h9-10,12H,4-8H2,1-3H3,(H,19,20,24). The first-order valence-corrected chi connectivity index (χ1v) is 9.63. The van der Waals surface area contributed by atoms with Crippen LogP contribution in [0.25, 0.3) is 0 Å². The van der Waals surface area contributed by atoms with E-state index in [-0.39, 0.29) is 30.1 Å². The minimum atomic E-state index is -0.104. The third kappa shape index (κ3) is 4.46. The van der Waals surface area contributed by atoms with Crippen LogP contribution in [0.4, 0.5) is 5.13 Å². The second-order valence-corrected chi connectivity index (χ2v) is 7.66. The number of rotatable bonds is 5. The van der Waals surface area contributed by atoms with Gasteiger partial charge in [0.05, 0.1) is 12.1 Å². The Morgan fingerprint density at radius 1 is 1.35 bits per heavy atom. The fourth-order valence-electron chi connectivity index (χ4n) is 2.82. The van der Waals surface area contributed by atoms with Gasteiger partial charge in [0, 0.05) is 30.3 Å². The van der Waals surface area contributed by atoms with Crippen molar-refractivity contribution in [1.29, 1.82) is 0 Å². The van der Waals surface area contributed by atoms with Crippen molar-refractivity contribution >= 4 is 28.3 Å². The van der Waals surface area contributed by atoms with Crippen LogP contribution in [0.2, 0.25) is 0 Å². The van der Waals surface area contributed by atoms with E-state index in [9.17, 15) is 9.59 Å². The number of nitrogens with zero attached hydrogens (tertiary/aromatic N) is 4. The highest BCUT2D eigenvalue weighted by Gasteiger charge is 2.27. The molecule has 140 valence electrons. The third-order valence-corrected chi connectivity index (χ3v) is 5.19. The minimum absolute atomic E-state index is 0.0530. The molecule has 26 heavy (non-hydrogen) atoms. The molecule has 1 N–H and O–H groups in total. The van der Waals surface area contributed by atoms with Gasteiger partial charge in [-0.3, -0.25) is 9.59 Å². The average molecular weight is 377 g/mol. The molecule has 8 nitrogen and oxygen atoms in total. The van der Waals surface area contributed by atoms with Crippen molar-refractivity contribution in [2.45, 2.75) is 46.0 Å². The normalized spacial score (nSPS) is 15.5. The van der Waals surface area contributed by atoms with Gasteiger partial charge in [0.25, 0.3) is 0 Å². The van der Waals surface area contributed by atoms with Crippen molar-refractivity contribution < 1.29 is 14.1 Å². The van der Waals surface area contributed by atoms with Crippen molar-refractivity contribution in [3.05, 3.63) is 22.8 Å². The number of likely N-dealkylation sites (tertiary alicyclic amines) is 1. The molecule has 0 saturated carbocycles. The van der Waals surface area contributed by atoms with Gasteiger partial charge in [-0.15, -0.1) is 11.3 Å². The number of carbonyl (C=O) groups is 2. The summed E-state index contributed by atoms with van der Waals surface area (Å²) in [6.07, 6.45) is 1.89. The van der Waals surface area contributed by atoms with Crippen LogP contribution in [-0.4, -0.2) is 44.9 Å². The van der Waals surface area contributed by atoms with E-state index >= 15 is 0 Å². The molecule has 9 heteroatoms. The van der Waals surface area contributed by atoms with Crippen LogP contribution in [0.3, 0.4) is 0 Å². The maximum absolute atomic E-state index is 12.5. The first kappa shape index (κ1) is 18.5. The smallest absolute Gasteiger partial charge is 0.229 e. The lowest BCUT2D eigenvalue weighted by atomic mass is 9.96. The quantitative estimate of drug-likeness (QED) is 0.858. The lowest BCUT2D eigenvalue weighted by molar-refractivity contribution is -0.131. The molecule has 2 aromatic heterocycles. The van der Waals surface area contributed by atoms with E-state index in [1.54, 1.807) is 6.92 Å². The van der Waals surface area contributed by atoms with Crippen LogP contribution in [0.15, 0.2) is 9.90 Å². The topological polar surface area (TPSA) is 101 Å². The van der Waals surface area contributed by atoms with Gasteiger partial charge < -0.3 is 14.7 Å². The Morgan fingerprint density at radius 2 is 2.08 bits per heavy atom. The molecule has 0 aromatic carbocycles. The summed E-state index contributed by atoms with van der Waals surface area (Å²) in [6.45, 7) is 6.80. The average Bonchev–Trinajstić information content (AvgIpc) is 3.24. The maximum Gasteiger partial charge on any atom is 0.229 e. The van der Waals surface area contributed by atoms with Crippen LogP contribution in [0.1, 0.15) is 50.0 Å². The number of aromatic nitrogens is 3. The summed E-state index contributed by atoms with van der Waals surface area (Å²) < 4.78 is 5.24. The van der Waals surface area contributed by atoms with Crippen LogP contribution >= 0.6 is 11.3 Å². The Morgan fingerprint density at radius 3 is 2.69 bits per heavy atom. The molecule has 2 amide bonds. The number of piperidine rings is 1. The molecule has 2 aromatic rings. The summed E-state index contributed by atoms with van der Waals surface area (Å²) in [5.41, 5.74) is 0.689. The lowest BCUT2D eigenvalue weighted by Gasteiger charge is -2.30. The number of nitrogens with one attached hydrogen (secondary N) is 1. The zero-order valence-electron chi connectivity index (χ0n) is 15.2. The number of amides is 2. The molecule has 0 aliphatic carbocycles. The largest absolute Gasteiger partial charge is 0.342 e. The number of carbonyl (C=O) groups excluding carboxylic acids is 2. The highest BCUT2D eigenvalue weighted by Crippen LogP contribution is 2.27. The summed E-state index contributed by atoms with van der Waals surface area (Å²) in [4.78, 5) is 34.7. The molecule has 3 heterocycles. The van der Waals surface area contributed by atoms with E-state index in [0.29, 0.717) is 35.6 Å². The molecule has 1 aliphatic rings. The zero-order chi connectivity index (χ0) is 18.7. The molecular formula is C17H23N5O3S. The Balaban J connectivity index is 1.50. The molecule has 0 radical (unpaired) electrons. The van der Waals surface area contributed by atoms with Gasteiger partial charge in [-0.25, -0.2) is 4.98 Å². The van der Waals surface area contributed by atoms with Gasteiger partial charge in [0.15, 0.2) is 11.0 Å². The Labute approximate surface area is 156 Å². The van der Waals surface area contributed by atoms with E-state index in [1.807, 2.05) is 24.1 Å². The van der Waals surface area contributed by atoms with E-state index in [4.69, 9.17) is 4.52 Å². The minimum Gasteiger partial charge on any atom is -0.342 e. The molecule has 1 aliphatic heterocycles. The Kier molecular flexibility index (Phi) is 5.65.